The number of aromatic nitrogens is 1. The number of hydrogen-bond donors (Lipinski definition) is 2. The van der Waals surface area contributed by atoms with Crippen LogP contribution in [0.1, 0.15) is 49.2 Å². The number of halogens is 2. The van der Waals surface area contributed by atoms with Crippen LogP contribution in [0.25, 0.3) is 0 Å². The van der Waals surface area contributed by atoms with Gasteiger partial charge in [-0.2, -0.15) is 0 Å². The number of carbonyl (C=O) groups excluding carboxylic acids is 1. The third-order valence-electron chi connectivity index (χ3n) is 7.91. The highest BCUT2D eigenvalue weighted by molar-refractivity contribution is 9.10. The molecule has 214 valence electrons. The van der Waals surface area contributed by atoms with Crippen LogP contribution < -0.4 is 5.32 Å². The Morgan fingerprint density at radius 3 is 2.58 bits per heavy atom. The molecule has 1 aliphatic carbocycles. The van der Waals surface area contributed by atoms with E-state index >= 15 is 0 Å². The quantitative estimate of drug-likeness (QED) is 0.429. The molecule has 0 bridgehead atoms. The molecule has 5 rings (SSSR count). The Bertz CT molecular complexity index is 1500. The van der Waals surface area contributed by atoms with E-state index in [9.17, 15) is 27.5 Å². The number of aliphatic carboxylic acids is 1. The molecule has 3 heterocycles. The molecule has 0 radical (unpaired) electrons. The van der Waals surface area contributed by atoms with Crippen molar-refractivity contribution in [1.29, 1.82) is 0 Å². The number of hydrogen-bond acceptors (Lipinski definition) is 9. The van der Waals surface area contributed by atoms with Crippen molar-refractivity contribution < 1.29 is 32.2 Å². The van der Waals surface area contributed by atoms with Gasteiger partial charge in [0.25, 0.3) is 0 Å². The maximum absolute atomic E-state index is 14.6. The number of ether oxygens (including phenoxy) is 1. The third kappa shape index (κ3) is 5.10. The average Bonchev–Trinajstić information content (AvgIpc) is 3.47. The number of esters is 1. The molecule has 10 nitrogen and oxygen atoms in total. The lowest BCUT2D eigenvalue weighted by Crippen LogP contribution is -2.54. The van der Waals surface area contributed by atoms with Crippen LogP contribution in [0, 0.1) is 17.2 Å². The van der Waals surface area contributed by atoms with Gasteiger partial charge >= 0.3 is 11.9 Å². The van der Waals surface area contributed by atoms with Gasteiger partial charge in [0.05, 0.1) is 27.8 Å². The van der Waals surface area contributed by atoms with Gasteiger partial charge in [0.15, 0.2) is 10.8 Å². The first kappa shape index (κ1) is 28.8. The van der Waals surface area contributed by atoms with Gasteiger partial charge in [-0.05, 0) is 60.2 Å². The summed E-state index contributed by atoms with van der Waals surface area (Å²) in [5, 5.41) is 14.3. The van der Waals surface area contributed by atoms with Crippen LogP contribution in [-0.4, -0.2) is 66.0 Å². The monoisotopic (exact) mass is 654 g/mol. The van der Waals surface area contributed by atoms with E-state index in [-0.39, 0.29) is 41.9 Å². The minimum atomic E-state index is -3.67. The van der Waals surface area contributed by atoms with E-state index in [2.05, 4.69) is 26.2 Å². The van der Waals surface area contributed by atoms with Crippen LogP contribution in [0.4, 0.5) is 4.39 Å². The van der Waals surface area contributed by atoms with E-state index in [0.717, 1.165) is 0 Å². The molecule has 0 spiro atoms. The van der Waals surface area contributed by atoms with Gasteiger partial charge in [-0.25, -0.2) is 26.9 Å². The van der Waals surface area contributed by atoms with E-state index in [4.69, 9.17) is 9.73 Å². The average molecular weight is 656 g/mol. The van der Waals surface area contributed by atoms with Crippen LogP contribution in [0.3, 0.4) is 0 Å². The first-order valence-corrected chi connectivity index (χ1v) is 15.9. The number of rotatable bonds is 7. The summed E-state index contributed by atoms with van der Waals surface area (Å²) in [4.78, 5) is 33.8. The van der Waals surface area contributed by atoms with Gasteiger partial charge in [0, 0.05) is 36.3 Å². The fourth-order valence-corrected chi connectivity index (χ4v) is 8.93. The van der Waals surface area contributed by atoms with Crippen molar-refractivity contribution in [3.63, 3.8) is 0 Å². The minimum absolute atomic E-state index is 0.0849. The Hall–Kier alpha value is -2.68. The summed E-state index contributed by atoms with van der Waals surface area (Å²) in [6.45, 7) is 1.99. The molecule has 40 heavy (non-hydrogen) atoms. The number of methoxy groups -OCH3 is 1. The Morgan fingerprint density at radius 2 is 1.98 bits per heavy atom. The number of carbonyl (C=O) groups is 2. The minimum Gasteiger partial charge on any atom is -0.481 e. The summed E-state index contributed by atoms with van der Waals surface area (Å²) in [5.41, 5.74) is 0.201. The zero-order valence-corrected chi connectivity index (χ0v) is 25.0. The van der Waals surface area contributed by atoms with Crippen molar-refractivity contribution in [2.75, 3.05) is 20.2 Å². The van der Waals surface area contributed by atoms with Gasteiger partial charge in [0.2, 0.25) is 10.0 Å². The number of amidine groups is 1. The summed E-state index contributed by atoms with van der Waals surface area (Å²) in [7, 11) is -2.40. The van der Waals surface area contributed by atoms with Crippen molar-refractivity contribution in [3.05, 3.63) is 61.9 Å². The van der Waals surface area contributed by atoms with Crippen molar-refractivity contribution >= 4 is 55.1 Å². The maximum atomic E-state index is 14.6. The number of aliphatic imine (C=N–C) groups is 1. The highest BCUT2D eigenvalue weighted by Crippen LogP contribution is 2.46. The van der Waals surface area contributed by atoms with E-state index < -0.39 is 44.5 Å². The predicted molar refractivity (Wildman–Crippen MR) is 150 cm³/mol. The standard InChI is InChI=1S/C26H28BrFN4O6S2/c1-26(25(34)35)12-15(13-26)40(36,37)32-9-6-14(7-10-32)20-18(24(33)38-2)21(16-4-3-5-17(28)19(16)27)31-22(30-20)23-29-8-11-39-23/h3-5,8,11,14-15,21H,6-7,9-10,12-13H2,1-2H3,(H,30,31)(H,34,35). The molecule has 2 fully saturated rings. The van der Waals surface area contributed by atoms with Gasteiger partial charge in [-0.1, -0.05) is 12.1 Å². The largest absolute Gasteiger partial charge is 0.481 e. The molecule has 1 aromatic carbocycles. The molecule has 2 N–H and O–H groups in total. The second kappa shape index (κ2) is 11.0. The van der Waals surface area contributed by atoms with Crippen LogP contribution >= 0.6 is 27.3 Å². The first-order valence-electron chi connectivity index (χ1n) is 12.7. The smallest absolute Gasteiger partial charge is 0.338 e. The number of piperidine rings is 1. The van der Waals surface area contributed by atoms with Crippen LogP contribution in [-0.2, 0) is 24.3 Å². The Morgan fingerprint density at radius 1 is 1.27 bits per heavy atom. The highest BCUT2D eigenvalue weighted by atomic mass is 79.9. The Balaban J connectivity index is 1.46. The number of benzene rings is 1. The number of nitrogens with one attached hydrogen (secondary N) is 1. The number of thiazole rings is 1. The van der Waals surface area contributed by atoms with Gasteiger partial charge in [-0.3, -0.25) is 9.79 Å². The fourth-order valence-electron chi connectivity index (χ4n) is 5.57. The fraction of sp³-hybridized carbons (Fsp3) is 0.462. The van der Waals surface area contributed by atoms with E-state index in [1.807, 2.05) is 0 Å². The number of sulfonamides is 1. The molecular formula is C26H28BrFN4O6S2. The van der Waals surface area contributed by atoms with Crippen molar-refractivity contribution in [1.82, 2.24) is 14.6 Å². The molecule has 1 unspecified atom stereocenters. The molecule has 1 atom stereocenters. The molecule has 3 aliphatic rings. The lowest BCUT2D eigenvalue weighted by molar-refractivity contribution is -0.152. The number of allylic oxidation sites excluding steroid dienone is 1. The summed E-state index contributed by atoms with van der Waals surface area (Å²) in [5.74, 6) is -1.92. The summed E-state index contributed by atoms with van der Waals surface area (Å²) < 4.78 is 47.8. The molecule has 2 aliphatic heterocycles. The van der Waals surface area contributed by atoms with Crippen molar-refractivity contribution in [3.8, 4) is 0 Å². The van der Waals surface area contributed by atoms with E-state index in [1.54, 1.807) is 30.6 Å². The van der Waals surface area contributed by atoms with Gasteiger partial charge in [0.1, 0.15) is 11.9 Å². The molecular weight excluding hydrogens is 627 g/mol. The van der Waals surface area contributed by atoms with Gasteiger partial charge in [-0.15, -0.1) is 11.3 Å². The van der Waals surface area contributed by atoms with E-state index in [0.29, 0.717) is 34.9 Å². The molecule has 0 amide bonds. The number of carboxylic acids is 1. The summed E-state index contributed by atoms with van der Waals surface area (Å²) in [6, 6.07) is 3.65. The lowest BCUT2D eigenvalue weighted by atomic mass is 9.70. The van der Waals surface area contributed by atoms with Crippen LogP contribution in [0.15, 0.2) is 50.5 Å². The zero-order chi connectivity index (χ0) is 28.8. The van der Waals surface area contributed by atoms with Crippen LogP contribution in [0.5, 0.6) is 0 Å². The Labute approximate surface area is 243 Å². The molecule has 1 saturated carbocycles. The Kier molecular flexibility index (Phi) is 7.89. The normalized spacial score (nSPS) is 26.1. The van der Waals surface area contributed by atoms with Crippen molar-refractivity contribution in [2.45, 2.75) is 43.9 Å². The highest BCUT2D eigenvalue weighted by Gasteiger charge is 2.53. The molecule has 1 aromatic heterocycles. The predicted octanol–water partition coefficient (Wildman–Crippen LogP) is 3.86. The third-order valence-corrected chi connectivity index (χ3v) is 11.8. The van der Waals surface area contributed by atoms with Crippen molar-refractivity contribution in [2.24, 2.45) is 16.3 Å². The maximum Gasteiger partial charge on any atom is 0.338 e. The SMILES string of the molecule is COC(=O)C1=C(C2CCN(S(=O)(=O)C3CC(C)(C(=O)O)C3)CC2)NC(c2nccs2)=NC1c1cccc(F)c1Br. The number of carboxylic acid groups (broad SMARTS) is 1. The molecule has 14 heteroatoms. The van der Waals surface area contributed by atoms with Crippen LogP contribution in [0.2, 0.25) is 0 Å². The molecule has 1 saturated heterocycles. The number of nitrogens with zero attached hydrogens (tertiary/aromatic N) is 3. The second-order valence-corrected chi connectivity index (χ2v) is 14.3. The summed E-state index contributed by atoms with van der Waals surface area (Å²) in [6.07, 6.45) is 2.62. The van der Waals surface area contributed by atoms with Gasteiger partial charge < -0.3 is 15.2 Å². The van der Waals surface area contributed by atoms with E-state index in [1.165, 1.54) is 28.8 Å². The lowest BCUT2D eigenvalue weighted by Gasteiger charge is -2.44. The first-order chi connectivity index (χ1) is 19.0. The second-order valence-electron chi connectivity index (χ2n) is 10.4. The summed E-state index contributed by atoms with van der Waals surface area (Å²) >= 11 is 4.67. The zero-order valence-electron chi connectivity index (χ0n) is 21.8. The topological polar surface area (TPSA) is 138 Å². The molecule has 2 aromatic rings.